The Morgan fingerprint density at radius 1 is 1.10 bits per heavy atom. The molecule has 1 atom stereocenters. The average molecular weight is 413 g/mol. The Bertz CT molecular complexity index is 589. The maximum absolute atomic E-state index is 10.3. The molecule has 0 aliphatic heterocycles. The van der Waals surface area contributed by atoms with Gasteiger partial charge in [-0.15, -0.1) is 0 Å². The van der Waals surface area contributed by atoms with E-state index in [1.165, 1.54) is 5.56 Å². The molecule has 0 saturated heterocycles. The smallest absolute Gasteiger partial charge is 0.0813 e. The van der Waals surface area contributed by atoms with E-state index in [0.29, 0.717) is 6.42 Å². The topological polar surface area (TPSA) is 23.5 Å². The number of aliphatic hydroxyl groups excluding tert-OH is 1. The third-order valence-corrected chi connectivity index (χ3v) is 4.61. The number of hydrogen-bond donors (Lipinski definition) is 1. The molecule has 0 radical (unpaired) electrons. The van der Waals surface area contributed by atoms with Gasteiger partial charge in [-0.25, -0.2) is 0 Å². The fourth-order valence-corrected chi connectivity index (χ4v) is 3.27. The minimum atomic E-state index is -0.439. The lowest BCUT2D eigenvalue weighted by Gasteiger charge is -2.20. The number of nitrogens with zero attached hydrogens (tertiary/aromatic N) is 1. The molecule has 0 fully saturated rings. The molecular formula is C17H19Br2NO. The Morgan fingerprint density at radius 2 is 1.86 bits per heavy atom. The van der Waals surface area contributed by atoms with Crippen LogP contribution in [0.5, 0.6) is 0 Å². The van der Waals surface area contributed by atoms with Gasteiger partial charge in [-0.2, -0.15) is 0 Å². The zero-order chi connectivity index (χ0) is 15.2. The van der Waals surface area contributed by atoms with E-state index in [-0.39, 0.29) is 0 Å². The number of benzene rings is 2. The summed E-state index contributed by atoms with van der Waals surface area (Å²) in [5.74, 6) is 0. The van der Waals surface area contributed by atoms with Crippen LogP contribution < -0.4 is 0 Å². The molecule has 1 unspecified atom stereocenters. The van der Waals surface area contributed by atoms with Gasteiger partial charge in [0.2, 0.25) is 0 Å². The molecule has 2 aromatic rings. The first-order valence-electron chi connectivity index (χ1n) is 6.92. The molecule has 0 spiro atoms. The summed E-state index contributed by atoms with van der Waals surface area (Å²) in [5, 5.41) is 10.3. The van der Waals surface area contributed by atoms with Gasteiger partial charge in [-0.1, -0.05) is 62.2 Å². The molecule has 4 heteroatoms. The highest BCUT2D eigenvalue weighted by Crippen LogP contribution is 2.25. The van der Waals surface area contributed by atoms with Gasteiger partial charge >= 0.3 is 0 Å². The van der Waals surface area contributed by atoms with Crippen LogP contribution in [-0.2, 0) is 6.54 Å². The van der Waals surface area contributed by atoms with Crippen molar-refractivity contribution in [1.82, 2.24) is 4.90 Å². The summed E-state index contributed by atoms with van der Waals surface area (Å²) >= 11 is 6.98. The van der Waals surface area contributed by atoms with Crippen LogP contribution in [0.4, 0.5) is 0 Å². The fourth-order valence-electron chi connectivity index (χ4n) is 2.27. The van der Waals surface area contributed by atoms with Crippen LogP contribution in [0.15, 0.2) is 57.5 Å². The lowest BCUT2D eigenvalue weighted by atomic mass is 10.1. The molecule has 2 nitrogen and oxygen atoms in total. The van der Waals surface area contributed by atoms with E-state index in [1.807, 2.05) is 36.4 Å². The SMILES string of the molecule is CN(CCC(O)c1ccccc1Br)Cc1cccc(Br)c1. The number of halogens is 2. The molecule has 0 aromatic heterocycles. The van der Waals surface area contributed by atoms with Crippen molar-refractivity contribution in [1.29, 1.82) is 0 Å². The van der Waals surface area contributed by atoms with Crippen molar-refractivity contribution in [2.24, 2.45) is 0 Å². The zero-order valence-corrected chi connectivity index (χ0v) is 15.1. The fraction of sp³-hybridized carbons (Fsp3) is 0.294. The van der Waals surface area contributed by atoms with E-state index in [0.717, 1.165) is 27.6 Å². The molecule has 0 aliphatic rings. The summed E-state index contributed by atoms with van der Waals surface area (Å²) in [6.45, 7) is 1.72. The van der Waals surface area contributed by atoms with E-state index in [2.05, 4.69) is 55.9 Å². The molecule has 2 rings (SSSR count). The van der Waals surface area contributed by atoms with Crippen LogP contribution in [0.3, 0.4) is 0 Å². The lowest BCUT2D eigenvalue weighted by molar-refractivity contribution is 0.147. The van der Waals surface area contributed by atoms with E-state index in [4.69, 9.17) is 0 Å². The molecule has 21 heavy (non-hydrogen) atoms. The van der Waals surface area contributed by atoms with E-state index >= 15 is 0 Å². The molecule has 1 N–H and O–H groups in total. The number of aliphatic hydroxyl groups is 1. The van der Waals surface area contributed by atoms with Gasteiger partial charge < -0.3 is 10.0 Å². The van der Waals surface area contributed by atoms with Crippen molar-refractivity contribution in [3.05, 3.63) is 68.6 Å². The lowest BCUT2D eigenvalue weighted by Crippen LogP contribution is -2.21. The second-order valence-corrected chi connectivity index (χ2v) is 6.96. The molecule has 2 aromatic carbocycles. The molecular weight excluding hydrogens is 394 g/mol. The predicted molar refractivity (Wildman–Crippen MR) is 94.2 cm³/mol. The normalized spacial score (nSPS) is 12.6. The van der Waals surface area contributed by atoms with Gasteiger partial charge in [-0.05, 0) is 42.8 Å². The first-order valence-corrected chi connectivity index (χ1v) is 8.50. The van der Waals surface area contributed by atoms with Gasteiger partial charge in [0.05, 0.1) is 6.10 Å². The summed E-state index contributed by atoms with van der Waals surface area (Å²) in [7, 11) is 2.08. The van der Waals surface area contributed by atoms with Crippen LogP contribution in [0.25, 0.3) is 0 Å². The standard InChI is InChI=1S/C17H19Br2NO/c1-20(12-13-5-4-6-14(18)11-13)10-9-17(21)15-7-2-3-8-16(15)19/h2-8,11,17,21H,9-10,12H2,1H3. The summed E-state index contributed by atoms with van der Waals surface area (Å²) in [6, 6.07) is 16.1. The van der Waals surface area contributed by atoms with Crippen LogP contribution in [0, 0.1) is 0 Å². The predicted octanol–water partition coefficient (Wildman–Crippen LogP) is 4.77. The highest BCUT2D eigenvalue weighted by molar-refractivity contribution is 9.10. The Hall–Kier alpha value is -0.680. The minimum absolute atomic E-state index is 0.439. The maximum Gasteiger partial charge on any atom is 0.0813 e. The average Bonchev–Trinajstić information content (AvgIpc) is 2.45. The minimum Gasteiger partial charge on any atom is -0.388 e. The Kier molecular flexibility index (Phi) is 6.42. The van der Waals surface area contributed by atoms with Crippen molar-refractivity contribution in [3.8, 4) is 0 Å². The first-order chi connectivity index (χ1) is 10.1. The summed E-state index contributed by atoms with van der Waals surface area (Å²) in [5.41, 5.74) is 2.22. The highest BCUT2D eigenvalue weighted by Gasteiger charge is 2.11. The molecule has 112 valence electrons. The molecule has 0 saturated carbocycles. The molecule has 0 bridgehead atoms. The van der Waals surface area contributed by atoms with Crippen LogP contribution in [0.1, 0.15) is 23.7 Å². The second-order valence-electron chi connectivity index (χ2n) is 5.19. The molecule has 0 heterocycles. The van der Waals surface area contributed by atoms with Crippen LogP contribution >= 0.6 is 31.9 Å². The van der Waals surface area contributed by atoms with Gasteiger partial charge in [0.1, 0.15) is 0 Å². The largest absolute Gasteiger partial charge is 0.388 e. The zero-order valence-electron chi connectivity index (χ0n) is 12.0. The number of rotatable bonds is 6. The van der Waals surface area contributed by atoms with E-state index in [1.54, 1.807) is 0 Å². The van der Waals surface area contributed by atoms with Gasteiger partial charge in [0.25, 0.3) is 0 Å². The van der Waals surface area contributed by atoms with Crippen LogP contribution in [-0.4, -0.2) is 23.6 Å². The van der Waals surface area contributed by atoms with Crippen molar-refractivity contribution in [2.45, 2.75) is 19.1 Å². The number of hydrogen-bond acceptors (Lipinski definition) is 2. The van der Waals surface area contributed by atoms with Gasteiger partial charge in [0, 0.05) is 22.0 Å². The molecule has 0 aliphatic carbocycles. The Labute approximate surface area is 143 Å². The summed E-state index contributed by atoms with van der Waals surface area (Å²) in [6.07, 6.45) is 0.276. The Balaban J connectivity index is 1.86. The van der Waals surface area contributed by atoms with Crippen molar-refractivity contribution in [2.75, 3.05) is 13.6 Å². The second kappa shape index (κ2) is 8.08. The monoisotopic (exact) mass is 411 g/mol. The Morgan fingerprint density at radius 3 is 2.57 bits per heavy atom. The van der Waals surface area contributed by atoms with Crippen molar-refractivity contribution < 1.29 is 5.11 Å². The third kappa shape index (κ3) is 5.22. The van der Waals surface area contributed by atoms with Crippen molar-refractivity contribution in [3.63, 3.8) is 0 Å². The van der Waals surface area contributed by atoms with Crippen molar-refractivity contribution >= 4 is 31.9 Å². The maximum atomic E-state index is 10.3. The van der Waals surface area contributed by atoms with E-state index < -0.39 is 6.10 Å². The van der Waals surface area contributed by atoms with Crippen LogP contribution in [0.2, 0.25) is 0 Å². The highest BCUT2D eigenvalue weighted by atomic mass is 79.9. The third-order valence-electron chi connectivity index (χ3n) is 3.39. The van der Waals surface area contributed by atoms with E-state index in [9.17, 15) is 5.11 Å². The van der Waals surface area contributed by atoms with Gasteiger partial charge in [0.15, 0.2) is 0 Å². The quantitative estimate of drug-likeness (QED) is 0.738. The first kappa shape index (κ1) is 16.7. The van der Waals surface area contributed by atoms with Gasteiger partial charge in [-0.3, -0.25) is 0 Å². The summed E-state index contributed by atoms with van der Waals surface area (Å²) < 4.78 is 2.06. The molecule has 0 amide bonds. The summed E-state index contributed by atoms with van der Waals surface area (Å²) in [4.78, 5) is 2.22.